The van der Waals surface area contributed by atoms with Gasteiger partial charge in [-0.1, -0.05) is 43.5 Å². The number of nitrogens with two attached hydrogens (primary N) is 1. The maximum Gasteiger partial charge on any atom is 0.0710 e. The Morgan fingerprint density at radius 1 is 1.16 bits per heavy atom. The van der Waals surface area contributed by atoms with Crippen LogP contribution in [0.1, 0.15) is 69.0 Å². The molecule has 1 fully saturated rings. The second-order valence-corrected chi connectivity index (χ2v) is 6.31. The Bertz CT molecular complexity index is 447. The molecule has 1 aliphatic carbocycles. The predicted octanol–water partition coefficient (Wildman–Crippen LogP) is 4.28. The van der Waals surface area contributed by atoms with E-state index in [0.717, 1.165) is 11.5 Å². The topological polar surface area (TPSA) is 49.8 Å². The third-order valence-electron chi connectivity index (χ3n) is 4.44. The average molecular weight is 256 g/mol. The van der Waals surface area contributed by atoms with Crippen molar-refractivity contribution in [2.24, 2.45) is 11.1 Å². The van der Waals surface area contributed by atoms with E-state index in [4.69, 9.17) is 11.0 Å². The van der Waals surface area contributed by atoms with Crippen LogP contribution in [0.4, 0.5) is 0 Å². The van der Waals surface area contributed by atoms with Gasteiger partial charge < -0.3 is 5.73 Å². The molecule has 1 saturated carbocycles. The van der Waals surface area contributed by atoms with Crippen molar-refractivity contribution in [2.45, 2.75) is 57.9 Å². The number of hydrogen-bond acceptors (Lipinski definition) is 2. The highest BCUT2D eigenvalue weighted by Crippen LogP contribution is 2.35. The van der Waals surface area contributed by atoms with Crippen molar-refractivity contribution in [2.75, 3.05) is 0 Å². The summed E-state index contributed by atoms with van der Waals surface area (Å²) in [5.74, 6) is 0.725. The monoisotopic (exact) mass is 256 g/mol. The quantitative estimate of drug-likeness (QED) is 0.877. The van der Waals surface area contributed by atoms with Crippen molar-refractivity contribution in [3.05, 3.63) is 35.4 Å². The van der Waals surface area contributed by atoms with E-state index in [1.54, 1.807) is 0 Å². The lowest BCUT2D eigenvalue weighted by atomic mass is 9.80. The summed E-state index contributed by atoms with van der Waals surface area (Å²) in [5.41, 5.74) is 8.16. The smallest absolute Gasteiger partial charge is 0.0710 e. The molecule has 0 heterocycles. The van der Waals surface area contributed by atoms with E-state index < -0.39 is 5.41 Å². The van der Waals surface area contributed by atoms with Crippen LogP contribution in [0.15, 0.2) is 24.3 Å². The number of hydrogen-bond donors (Lipinski definition) is 1. The van der Waals surface area contributed by atoms with Gasteiger partial charge in [0, 0.05) is 6.04 Å². The molecular weight excluding hydrogens is 232 g/mol. The third-order valence-corrected chi connectivity index (χ3v) is 4.44. The van der Waals surface area contributed by atoms with E-state index in [-0.39, 0.29) is 6.04 Å². The number of benzene rings is 1. The molecule has 19 heavy (non-hydrogen) atoms. The first kappa shape index (κ1) is 14.1. The summed E-state index contributed by atoms with van der Waals surface area (Å²) in [7, 11) is 0. The van der Waals surface area contributed by atoms with E-state index in [1.807, 2.05) is 13.8 Å². The summed E-state index contributed by atoms with van der Waals surface area (Å²) in [6.45, 7) is 3.79. The molecule has 0 aromatic heterocycles. The fraction of sp³-hybridized carbons (Fsp3) is 0.588. The largest absolute Gasteiger partial charge is 0.323 e. The summed E-state index contributed by atoms with van der Waals surface area (Å²) >= 11 is 0. The van der Waals surface area contributed by atoms with Gasteiger partial charge in [0.2, 0.25) is 0 Å². The summed E-state index contributed by atoms with van der Waals surface area (Å²) < 4.78 is 0. The lowest BCUT2D eigenvalue weighted by Gasteiger charge is -2.26. The molecule has 0 radical (unpaired) electrons. The first-order valence-corrected chi connectivity index (χ1v) is 7.31. The van der Waals surface area contributed by atoms with Gasteiger partial charge in [0.1, 0.15) is 0 Å². The van der Waals surface area contributed by atoms with E-state index >= 15 is 0 Å². The molecule has 2 rings (SSSR count). The highest BCUT2D eigenvalue weighted by Gasteiger charge is 2.27. The molecule has 102 valence electrons. The zero-order chi connectivity index (χ0) is 13.9. The number of nitriles is 1. The number of nitrogens with zero attached hydrogens (tertiary/aromatic N) is 1. The Kier molecular flexibility index (Phi) is 4.27. The van der Waals surface area contributed by atoms with Gasteiger partial charge in [-0.2, -0.15) is 5.26 Å². The molecule has 1 atom stereocenters. The maximum atomic E-state index is 9.15. The summed E-state index contributed by atoms with van der Waals surface area (Å²) in [5, 5.41) is 9.15. The SMILES string of the molecule is CC(C)(C#N)C(N)c1ccc(C2CCCCC2)cc1. The van der Waals surface area contributed by atoms with Crippen molar-refractivity contribution in [3.63, 3.8) is 0 Å². The first-order chi connectivity index (χ1) is 9.04. The molecule has 2 heteroatoms. The van der Waals surface area contributed by atoms with E-state index in [2.05, 4.69) is 30.3 Å². The standard InChI is InChI=1S/C17H24N2/c1-17(2,12-18)16(19)15-10-8-14(9-11-15)13-6-4-3-5-7-13/h8-11,13,16H,3-7,19H2,1-2H3. The third kappa shape index (κ3) is 3.16. The van der Waals surface area contributed by atoms with Crippen molar-refractivity contribution < 1.29 is 0 Å². The fourth-order valence-corrected chi connectivity index (χ4v) is 2.90. The zero-order valence-corrected chi connectivity index (χ0v) is 12.0. The van der Waals surface area contributed by atoms with Gasteiger partial charge >= 0.3 is 0 Å². The van der Waals surface area contributed by atoms with Crippen LogP contribution in [0.3, 0.4) is 0 Å². The second-order valence-electron chi connectivity index (χ2n) is 6.31. The fourth-order valence-electron chi connectivity index (χ4n) is 2.90. The summed E-state index contributed by atoms with van der Waals surface area (Å²) in [4.78, 5) is 0. The van der Waals surface area contributed by atoms with Crippen molar-refractivity contribution in [1.29, 1.82) is 5.26 Å². The van der Waals surface area contributed by atoms with Crippen molar-refractivity contribution in [3.8, 4) is 6.07 Å². The minimum atomic E-state index is -0.521. The molecule has 1 aliphatic rings. The average Bonchev–Trinajstić information content (AvgIpc) is 2.47. The zero-order valence-electron chi connectivity index (χ0n) is 12.0. The molecule has 2 N–H and O–H groups in total. The summed E-state index contributed by atoms with van der Waals surface area (Å²) in [6.07, 6.45) is 6.72. The molecule has 0 aliphatic heterocycles. The molecule has 2 nitrogen and oxygen atoms in total. The minimum absolute atomic E-state index is 0.224. The lowest BCUT2D eigenvalue weighted by molar-refractivity contribution is 0.393. The molecule has 0 spiro atoms. The van der Waals surface area contributed by atoms with Gasteiger partial charge in [-0.3, -0.25) is 0 Å². The lowest BCUT2D eigenvalue weighted by Crippen LogP contribution is -2.27. The van der Waals surface area contributed by atoms with Crippen LogP contribution >= 0.6 is 0 Å². The van der Waals surface area contributed by atoms with E-state index in [0.29, 0.717) is 0 Å². The van der Waals surface area contributed by atoms with Crippen LogP contribution in [0, 0.1) is 16.7 Å². The van der Waals surface area contributed by atoms with Crippen LogP contribution in [-0.2, 0) is 0 Å². The van der Waals surface area contributed by atoms with Gasteiger partial charge in [-0.15, -0.1) is 0 Å². The van der Waals surface area contributed by atoms with Gasteiger partial charge in [-0.05, 0) is 43.7 Å². The van der Waals surface area contributed by atoms with Crippen LogP contribution in [-0.4, -0.2) is 0 Å². The molecular formula is C17H24N2. The minimum Gasteiger partial charge on any atom is -0.323 e. The Hall–Kier alpha value is -1.33. The maximum absolute atomic E-state index is 9.15. The van der Waals surface area contributed by atoms with Crippen LogP contribution in [0.25, 0.3) is 0 Å². The highest BCUT2D eigenvalue weighted by atomic mass is 14.7. The van der Waals surface area contributed by atoms with Crippen LogP contribution < -0.4 is 5.73 Å². The van der Waals surface area contributed by atoms with Gasteiger partial charge in [0.15, 0.2) is 0 Å². The molecule has 1 aromatic rings. The van der Waals surface area contributed by atoms with E-state index in [9.17, 15) is 0 Å². The van der Waals surface area contributed by atoms with Gasteiger partial charge in [-0.25, -0.2) is 0 Å². The van der Waals surface area contributed by atoms with Gasteiger partial charge in [0.25, 0.3) is 0 Å². The normalized spacial score (nSPS) is 18.8. The Morgan fingerprint density at radius 2 is 1.74 bits per heavy atom. The Balaban J connectivity index is 2.12. The van der Waals surface area contributed by atoms with Gasteiger partial charge in [0.05, 0.1) is 11.5 Å². The summed E-state index contributed by atoms with van der Waals surface area (Å²) in [6, 6.07) is 10.7. The second kappa shape index (κ2) is 5.75. The molecule has 0 bridgehead atoms. The molecule has 0 amide bonds. The number of rotatable bonds is 3. The van der Waals surface area contributed by atoms with Crippen molar-refractivity contribution >= 4 is 0 Å². The Labute approximate surface area is 116 Å². The predicted molar refractivity (Wildman–Crippen MR) is 78.6 cm³/mol. The molecule has 1 aromatic carbocycles. The highest BCUT2D eigenvalue weighted by molar-refractivity contribution is 5.29. The first-order valence-electron chi connectivity index (χ1n) is 7.31. The van der Waals surface area contributed by atoms with E-state index in [1.165, 1.54) is 37.7 Å². The van der Waals surface area contributed by atoms with Crippen LogP contribution in [0.2, 0.25) is 0 Å². The Morgan fingerprint density at radius 3 is 2.26 bits per heavy atom. The molecule has 0 saturated heterocycles. The van der Waals surface area contributed by atoms with Crippen molar-refractivity contribution in [1.82, 2.24) is 0 Å². The van der Waals surface area contributed by atoms with Crippen LogP contribution in [0.5, 0.6) is 0 Å². The molecule has 1 unspecified atom stereocenters.